The van der Waals surface area contributed by atoms with Gasteiger partial charge in [-0.25, -0.2) is 4.98 Å². The number of nitrogens with one attached hydrogen (secondary N) is 2. The van der Waals surface area contributed by atoms with E-state index in [1.807, 2.05) is 18.3 Å². The summed E-state index contributed by atoms with van der Waals surface area (Å²) < 4.78 is 5.33. The van der Waals surface area contributed by atoms with Crippen molar-refractivity contribution in [1.82, 2.24) is 20.5 Å². The standard InChI is InChI=1S/C23H35N5OS.HI/c1-4-20-16-26-22(30-20)12-13-25-23(24-5-2)27-17-21(28-14-6-7-15-28)18-8-10-19(29-3)11-9-18;/h8-11,16,21H,4-7,12-15,17H2,1-3H3,(H2,24,25,27);1H. The zero-order valence-electron chi connectivity index (χ0n) is 18.9. The van der Waals surface area contributed by atoms with Crippen molar-refractivity contribution < 1.29 is 4.74 Å². The van der Waals surface area contributed by atoms with E-state index in [0.717, 1.165) is 57.3 Å². The zero-order valence-corrected chi connectivity index (χ0v) is 22.0. The van der Waals surface area contributed by atoms with Crippen LogP contribution in [0.5, 0.6) is 5.75 Å². The number of aromatic nitrogens is 1. The van der Waals surface area contributed by atoms with Crippen molar-refractivity contribution in [3.8, 4) is 5.75 Å². The van der Waals surface area contributed by atoms with Crippen LogP contribution in [-0.4, -0.2) is 55.7 Å². The number of guanidine groups is 1. The number of nitrogens with zero attached hydrogens (tertiary/aromatic N) is 3. The number of methoxy groups -OCH3 is 1. The summed E-state index contributed by atoms with van der Waals surface area (Å²) in [6.07, 6.45) is 6.50. The van der Waals surface area contributed by atoms with Gasteiger partial charge in [-0.3, -0.25) is 9.89 Å². The van der Waals surface area contributed by atoms with Gasteiger partial charge < -0.3 is 15.4 Å². The molecule has 1 fully saturated rings. The Morgan fingerprint density at radius 1 is 1.19 bits per heavy atom. The van der Waals surface area contributed by atoms with Crippen LogP contribution in [0.2, 0.25) is 0 Å². The second-order valence-electron chi connectivity index (χ2n) is 7.50. The van der Waals surface area contributed by atoms with Crippen LogP contribution in [0.4, 0.5) is 0 Å². The smallest absolute Gasteiger partial charge is 0.191 e. The third kappa shape index (κ3) is 7.91. The molecule has 1 aliphatic rings. The molecule has 2 N–H and O–H groups in total. The highest BCUT2D eigenvalue weighted by atomic mass is 127. The number of aryl methyl sites for hydroxylation is 1. The first-order valence-electron chi connectivity index (χ1n) is 11.1. The van der Waals surface area contributed by atoms with Crippen molar-refractivity contribution in [2.75, 3.05) is 39.8 Å². The Hall–Kier alpha value is -1.39. The topological polar surface area (TPSA) is 61.8 Å². The second-order valence-corrected chi connectivity index (χ2v) is 8.70. The predicted molar refractivity (Wildman–Crippen MR) is 141 cm³/mol. The molecule has 0 bridgehead atoms. The maximum absolute atomic E-state index is 5.33. The van der Waals surface area contributed by atoms with E-state index in [9.17, 15) is 0 Å². The Kier molecular flexibility index (Phi) is 11.6. The van der Waals surface area contributed by atoms with E-state index < -0.39 is 0 Å². The van der Waals surface area contributed by atoms with E-state index in [2.05, 4.69) is 46.5 Å². The van der Waals surface area contributed by atoms with Crippen LogP contribution < -0.4 is 15.4 Å². The van der Waals surface area contributed by atoms with Gasteiger partial charge in [0.15, 0.2) is 5.96 Å². The molecule has 2 aromatic rings. The molecule has 1 aliphatic heterocycles. The lowest BCUT2D eigenvalue weighted by Crippen LogP contribution is -2.39. The lowest BCUT2D eigenvalue weighted by atomic mass is 10.1. The molecule has 1 aromatic carbocycles. The summed E-state index contributed by atoms with van der Waals surface area (Å²) in [6.45, 7) is 8.97. The number of aliphatic imine (C=N–C) groups is 1. The normalized spacial score (nSPS) is 15.4. The van der Waals surface area contributed by atoms with E-state index in [1.165, 1.54) is 28.3 Å². The van der Waals surface area contributed by atoms with Crippen molar-refractivity contribution >= 4 is 41.3 Å². The predicted octanol–water partition coefficient (Wildman–Crippen LogP) is 4.27. The van der Waals surface area contributed by atoms with Crippen LogP contribution >= 0.6 is 35.3 Å². The van der Waals surface area contributed by atoms with Gasteiger partial charge in [0.1, 0.15) is 5.75 Å². The molecular weight excluding hydrogens is 521 g/mol. The first-order chi connectivity index (χ1) is 14.7. The van der Waals surface area contributed by atoms with Crippen molar-refractivity contribution in [1.29, 1.82) is 0 Å². The van der Waals surface area contributed by atoms with Gasteiger partial charge in [0, 0.05) is 30.6 Å². The van der Waals surface area contributed by atoms with Gasteiger partial charge in [-0.05, 0) is 57.0 Å². The van der Waals surface area contributed by atoms with Crippen LogP contribution in [0.15, 0.2) is 35.5 Å². The maximum Gasteiger partial charge on any atom is 0.191 e. The minimum absolute atomic E-state index is 0. The highest BCUT2D eigenvalue weighted by molar-refractivity contribution is 14.0. The molecule has 0 amide bonds. The highest BCUT2D eigenvalue weighted by Crippen LogP contribution is 2.27. The number of rotatable bonds is 10. The summed E-state index contributed by atoms with van der Waals surface area (Å²) in [5, 5.41) is 8.05. The quantitative estimate of drug-likeness (QED) is 0.260. The Balaban J connectivity index is 0.00000341. The fraction of sp³-hybridized carbons (Fsp3) is 0.565. The number of benzene rings is 1. The lowest BCUT2D eigenvalue weighted by Gasteiger charge is -2.27. The molecule has 1 saturated heterocycles. The van der Waals surface area contributed by atoms with Crippen LogP contribution in [0, 0.1) is 0 Å². The van der Waals surface area contributed by atoms with Gasteiger partial charge in [-0.1, -0.05) is 19.1 Å². The Bertz CT molecular complexity index is 790. The minimum atomic E-state index is 0. The SMILES string of the molecule is CCNC(=NCC(c1ccc(OC)cc1)N1CCCC1)NCCc1ncc(CC)s1.I. The van der Waals surface area contributed by atoms with Crippen molar-refractivity contribution in [3.63, 3.8) is 0 Å². The second kappa shape index (κ2) is 13.9. The molecule has 1 unspecified atom stereocenters. The summed E-state index contributed by atoms with van der Waals surface area (Å²) >= 11 is 1.80. The van der Waals surface area contributed by atoms with E-state index in [-0.39, 0.29) is 24.0 Å². The molecule has 6 nitrogen and oxygen atoms in total. The van der Waals surface area contributed by atoms with Crippen LogP contribution in [0.1, 0.15) is 48.2 Å². The molecule has 1 atom stereocenters. The number of hydrogen-bond acceptors (Lipinski definition) is 5. The number of ether oxygens (including phenoxy) is 1. The van der Waals surface area contributed by atoms with Gasteiger partial charge in [0.2, 0.25) is 0 Å². The summed E-state index contributed by atoms with van der Waals surface area (Å²) in [6, 6.07) is 8.73. The fourth-order valence-corrected chi connectivity index (χ4v) is 4.61. The average molecular weight is 558 g/mol. The average Bonchev–Trinajstić information content (AvgIpc) is 3.46. The molecule has 3 rings (SSSR count). The molecule has 0 aliphatic carbocycles. The summed E-state index contributed by atoms with van der Waals surface area (Å²) in [4.78, 5) is 13.3. The van der Waals surface area contributed by atoms with Crippen molar-refractivity contribution in [2.45, 2.75) is 45.6 Å². The number of hydrogen-bond donors (Lipinski definition) is 2. The molecule has 0 spiro atoms. The molecule has 0 radical (unpaired) electrons. The molecule has 1 aromatic heterocycles. The van der Waals surface area contributed by atoms with Crippen LogP contribution in [-0.2, 0) is 12.8 Å². The largest absolute Gasteiger partial charge is 0.497 e. The van der Waals surface area contributed by atoms with Gasteiger partial charge >= 0.3 is 0 Å². The number of likely N-dealkylation sites (tertiary alicyclic amines) is 1. The third-order valence-corrected chi connectivity index (χ3v) is 6.63. The van der Waals surface area contributed by atoms with Crippen molar-refractivity contribution in [2.24, 2.45) is 4.99 Å². The lowest BCUT2D eigenvalue weighted by molar-refractivity contribution is 0.251. The Labute approximate surface area is 207 Å². The fourth-order valence-electron chi connectivity index (χ4n) is 3.75. The number of halogens is 1. The van der Waals surface area contributed by atoms with Gasteiger partial charge in [0.05, 0.1) is 24.7 Å². The summed E-state index contributed by atoms with van der Waals surface area (Å²) in [7, 11) is 1.71. The van der Waals surface area contributed by atoms with Gasteiger partial charge in [-0.2, -0.15) is 0 Å². The molecular formula is C23H36IN5OS. The van der Waals surface area contributed by atoms with E-state index in [0.29, 0.717) is 6.04 Å². The van der Waals surface area contributed by atoms with Crippen LogP contribution in [0.3, 0.4) is 0 Å². The first-order valence-corrected chi connectivity index (χ1v) is 11.9. The molecule has 2 heterocycles. The maximum atomic E-state index is 5.33. The van der Waals surface area contributed by atoms with Crippen molar-refractivity contribution in [3.05, 3.63) is 45.9 Å². The molecule has 31 heavy (non-hydrogen) atoms. The summed E-state index contributed by atoms with van der Waals surface area (Å²) in [5.41, 5.74) is 1.30. The van der Waals surface area contributed by atoms with Gasteiger partial charge in [0.25, 0.3) is 0 Å². The zero-order chi connectivity index (χ0) is 21.2. The van der Waals surface area contributed by atoms with E-state index in [4.69, 9.17) is 9.73 Å². The van der Waals surface area contributed by atoms with Gasteiger partial charge in [-0.15, -0.1) is 35.3 Å². The Morgan fingerprint density at radius 2 is 1.94 bits per heavy atom. The first kappa shape index (κ1) is 25.9. The van der Waals surface area contributed by atoms with E-state index in [1.54, 1.807) is 18.4 Å². The van der Waals surface area contributed by atoms with E-state index >= 15 is 0 Å². The third-order valence-electron chi connectivity index (χ3n) is 5.43. The Morgan fingerprint density at radius 3 is 2.55 bits per heavy atom. The molecule has 8 heteroatoms. The molecule has 0 saturated carbocycles. The summed E-state index contributed by atoms with van der Waals surface area (Å²) in [5.74, 6) is 1.77. The van der Waals surface area contributed by atoms with Crippen LogP contribution in [0.25, 0.3) is 0 Å². The minimum Gasteiger partial charge on any atom is -0.497 e. The number of thiazole rings is 1. The molecule has 172 valence electrons. The highest BCUT2D eigenvalue weighted by Gasteiger charge is 2.23. The monoisotopic (exact) mass is 557 g/mol.